The lowest BCUT2D eigenvalue weighted by Gasteiger charge is -2.10. The third-order valence-electron chi connectivity index (χ3n) is 3.64. The number of rotatable bonds is 3. The van der Waals surface area contributed by atoms with Crippen molar-refractivity contribution in [2.24, 2.45) is 0 Å². The van der Waals surface area contributed by atoms with Gasteiger partial charge < -0.3 is 15.1 Å². The molecule has 1 aromatic heterocycles. The van der Waals surface area contributed by atoms with Crippen molar-refractivity contribution >= 4 is 23.2 Å². The molecule has 0 radical (unpaired) electrons. The van der Waals surface area contributed by atoms with E-state index in [9.17, 15) is 9.59 Å². The number of oxazole rings is 1. The van der Waals surface area contributed by atoms with Crippen LogP contribution in [0.1, 0.15) is 11.1 Å². The molecule has 0 unspecified atom stereocenters. The van der Waals surface area contributed by atoms with E-state index in [0.717, 1.165) is 5.56 Å². The van der Waals surface area contributed by atoms with E-state index in [4.69, 9.17) is 9.68 Å². The van der Waals surface area contributed by atoms with Crippen molar-refractivity contribution in [3.8, 4) is 17.5 Å². The molecule has 0 fully saturated rings. The highest BCUT2D eigenvalue weighted by atomic mass is 16.3. The Morgan fingerprint density at radius 3 is 2.46 bits per heavy atom. The van der Waals surface area contributed by atoms with Gasteiger partial charge in [0, 0.05) is 16.9 Å². The van der Waals surface area contributed by atoms with Gasteiger partial charge in [-0.25, -0.2) is 4.98 Å². The number of carbonyl (C=O) groups excluding carboxylic acids is 2. The molecular weight excluding hydrogens is 332 g/mol. The van der Waals surface area contributed by atoms with Crippen molar-refractivity contribution in [1.82, 2.24) is 4.98 Å². The van der Waals surface area contributed by atoms with E-state index in [2.05, 4.69) is 15.6 Å². The Balaban J connectivity index is 1.71. The molecule has 2 N–H and O–H groups in total. The molecule has 7 nitrogen and oxygen atoms in total. The number of benzene rings is 2. The summed E-state index contributed by atoms with van der Waals surface area (Å²) in [5, 5.41) is 13.8. The molecule has 0 spiro atoms. The molecule has 0 saturated heterocycles. The van der Waals surface area contributed by atoms with Crippen molar-refractivity contribution in [3.05, 3.63) is 66.1 Å². The van der Waals surface area contributed by atoms with Crippen LogP contribution in [0.15, 0.2) is 59.3 Å². The molecule has 3 aromatic rings. The van der Waals surface area contributed by atoms with Crippen LogP contribution in [-0.2, 0) is 9.59 Å². The zero-order valence-electron chi connectivity index (χ0n) is 13.8. The summed E-state index contributed by atoms with van der Waals surface area (Å²) >= 11 is 0. The molecule has 0 saturated carbocycles. The lowest BCUT2D eigenvalue weighted by Crippen LogP contribution is -2.29. The zero-order valence-corrected chi connectivity index (χ0v) is 13.8. The molecule has 26 heavy (non-hydrogen) atoms. The first-order chi connectivity index (χ1) is 12.6. The van der Waals surface area contributed by atoms with E-state index in [-0.39, 0.29) is 0 Å². The Labute approximate surface area is 149 Å². The monoisotopic (exact) mass is 346 g/mol. The van der Waals surface area contributed by atoms with E-state index < -0.39 is 11.8 Å². The van der Waals surface area contributed by atoms with Crippen LogP contribution in [0.5, 0.6) is 0 Å². The summed E-state index contributed by atoms with van der Waals surface area (Å²) < 4.78 is 5.24. The first-order valence-electron chi connectivity index (χ1n) is 7.70. The van der Waals surface area contributed by atoms with E-state index >= 15 is 0 Å². The highest BCUT2D eigenvalue weighted by Crippen LogP contribution is 2.24. The second-order valence-corrected chi connectivity index (χ2v) is 5.46. The van der Waals surface area contributed by atoms with Crippen LogP contribution in [0.2, 0.25) is 0 Å². The summed E-state index contributed by atoms with van der Waals surface area (Å²) in [7, 11) is 0. The van der Waals surface area contributed by atoms with Crippen LogP contribution >= 0.6 is 0 Å². The highest BCUT2D eigenvalue weighted by molar-refractivity contribution is 6.43. The predicted molar refractivity (Wildman–Crippen MR) is 95.1 cm³/mol. The van der Waals surface area contributed by atoms with Gasteiger partial charge in [-0.1, -0.05) is 6.07 Å². The molecule has 0 bridgehead atoms. The first kappa shape index (κ1) is 16.9. The Morgan fingerprint density at radius 1 is 1.08 bits per heavy atom. The van der Waals surface area contributed by atoms with Gasteiger partial charge in [0.1, 0.15) is 6.26 Å². The molecule has 3 rings (SSSR count). The second-order valence-electron chi connectivity index (χ2n) is 5.46. The van der Waals surface area contributed by atoms with Gasteiger partial charge in [-0.3, -0.25) is 9.59 Å². The van der Waals surface area contributed by atoms with Gasteiger partial charge in [0.15, 0.2) is 0 Å². The highest BCUT2D eigenvalue weighted by Gasteiger charge is 2.16. The maximum Gasteiger partial charge on any atom is 0.314 e. The summed E-state index contributed by atoms with van der Waals surface area (Å²) in [4.78, 5) is 28.3. The quantitative estimate of drug-likeness (QED) is 0.709. The largest absolute Gasteiger partial charge is 0.445 e. The van der Waals surface area contributed by atoms with Gasteiger partial charge >= 0.3 is 11.8 Å². The lowest BCUT2D eigenvalue weighted by molar-refractivity contribution is -0.133. The van der Waals surface area contributed by atoms with Gasteiger partial charge in [-0.2, -0.15) is 5.26 Å². The summed E-state index contributed by atoms with van der Waals surface area (Å²) in [5.41, 5.74) is 2.85. The van der Waals surface area contributed by atoms with Gasteiger partial charge in [0.2, 0.25) is 5.89 Å². The summed E-state index contributed by atoms with van der Waals surface area (Å²) in [6.07, 6.45) is 2.98. The SMILES string of the molecule is Cc1ccc(-c2ncco2)cc1NC(=O)C(=O)Nc1ccc(C#N)cc1. The van der Waals surface area contributed by atoms with E-state index in [1.165, 1.54) is 12.5 Å². The summed E-state index contributed by atoms with van der Waals surface area (Å²) in [6.45, 7) is 1.81. The van der Waals surface area contributed by atoms with Crippen molar-refractivity contribution in [2.75, 3.05) is 10.6 Å². The molecule has 2 aromatic carbocycles. The summed E-state index contributed by atoms with van der Waals surface area (Å²) in [6, 6.07) is 13.5. The van der Waals surface area contributed by atoms with Crippen molar-refractivity contribution in [3.63, 3.8) is 0 Å². The Kier molecular flexibility index (Phi) is 4.76. The number of nitrogens with zero attached hydrogens (tertiary/aromatic N) is 2. The third kappa shape index (κ3) is 3.76. The van der Waals surface area contributed by atoms with Gasteiger partial charge in [0.05, 0.1) is 17.8 Å². The van der Waals surface area contributed by atoms with Crippen LogP contribution in [0, 0.1) is 18.3 Å². The molecule has 7 heteroatoms. The topological polar surface area (TPSA) is 108 Å². The van der Waals surface area contributed by atoms with Crippen molar-refractivity contribution in [2.45, 2.75) is 6.92 Å². The number of carbonyl (C=O) groups is 2. The van der Waals surface area contributed by atoms with Crippen LogP contribution in [0.25, 0.3) is 11.5 Å². The Hall–Kier alpha value is -3.92. The fourth-order valence-electron chi connectivity index (χ4n) is 2.25. The fraction of sp³-hybridized carbons (Fsp3) is 0.0526. The summed E-state index contributed by atoms with van der Waals surface area (Å²) in [5.74, 6) is -1.19. The smallest absolute Gasteiger partial charge is 0.314 e. The molecule has 1 heterocycles. The maximum absolute atomic E-state index is 12.2. The number of aryl methyl sites for hydroxylation is 1. The van der Waals surface area contributed by atoms with E-state index in [1.807, 2.05) is 19.1 Å². The van der Waals surface area contributed by atoms with Crippen LogP contribution in [0.4, 0.5) is 11.4 Å². The average Bonchev–Trinajstić information content (AvgIpc) is 3.18. The lowest BCUT2D eigenvalue weighted by atomic mass is 10.1. The van der Waals surface area contributed by atoms with Crippen LogP contribution in [-0.4, -0.2) is 16.8 Å². The average molecular weight is 346 g/mol. The van der Waals surface area contributed by atoms with Crippen molar-refractivity contribution in [1.29, 1.82) is 5.26 Å². The number of aromatic nitrogens is 1. The molecule has 0 aliphatic rings. The minimum atomic E-state index is -0.810. The zero-order chi connectivity index (χ0) is 18.5. The number of nitrogens with one attached hydrogen (secondary N) is 2. The van der Waals surface area contributed by atoms with Gasteiger partial charge in [-0.05, 0) is 48.9 Å². The molecule has 0 atom stereocenters. The standard InChI is InChI=1S/C19H14N4O3/c1-12-2-5-14(19-21-8-9-26-19)10-16(12)23-18(25)17(24)22-15-6-3-13(11-20)4-7-15/h2-10H,1H3,(H,22,24)(H,23,25). The normalized spacial score (nSPS) is 10.0. The maximum atomic E-state index is 12.2. The van der Waals surface area contributed by atoms with Crippen LogP contribution < -0.4 is 10.6 Å². The van der Waals surface area contributed by atoms with E-state index in [1.54, 1.807) is 36.4 Å². The molecule has 2 amide bonds. The first-order valence-corrected chi connectivity index (χ1v) is 7.70. The second kappa shape index (κ2) is 7.32. The van der Waals surface area contributed by atoms with E-state index in [0.29, 0.717) is 28.4 Å². The third-order valence-corrected chi connectivity index (χ3v) is 3.64. The minimum absolute atomic E-state index is 0.419. The Morgan fingerprint density at radius 2 is 1.81 bits per heavy atom. The number of nitriles is 1. The molecule has 0 aliphatic carbocycles. The molecule has 128 valence electrons. The number of amides is 2. The number of hydrogen-bond acceptors (Lipinski definition) is 5. The number of anilines is 2. The molecule has 0 aliphatic heterocycles. The molecular formula is C19H14N4O3. The minimum Gasteiger partial charge on any atom is -0.445 e. The van der Waals surface area contributed by atoms with Gasteiger partial charge in [0.25, 0.3) is 0 Å². The van der Waals surface area contributed by atoms with Crippen molar-refractivity contribution < 1.29 is 14.0 Å². The predicted octanol–water partition coefficient (Wildman–Crippen LogP) is 3.10. The van der Waals surface area contributed by atoms with Gasteiger partial charge in [-0.15, -0.1) is 0 Å². The fourth-order valence-corrected chi connectivity index (χ4v) is 2.25. The number of hydrogen-bond donors (Lipinski definition) is 2. The van der Waals surface area contributed by atoms with Crippen LogP contribution in [0.3, 0.4) is 0 Å². The Bertz CT molecular complexity index is 987.